The fourth-order valence-corrected chi connectivity index (χ4v) is 3.75. The highest BCUT2D eigenvalue weighted by Crippen LogP contribution is 2.26. The first-order chi connectivity index (χ1) is 14.2. The summed E-state index contributed by atoms with van der Waals surface area (Å²) >= 11 is 0. The molecule has 4 aromatic rings. The van der Waals surface area contributed by atoms with Gasteiger partial charge in [0, 0.05) is 36.2 Å². The third-order valence-corrected chi connectivity index (χ3v) is 5.31. The number of nitrogens with two attached hydrogens (primary N) is 1. The molecular weight excluding hydrogens is 366 g/mol. The highest BCUT2D eigenvalue weighted by molar-refractivity contribution is 5.76. The van der Waals surface area contributed by atoms with Crippen LogP contribution in [0.15, 0.2) is 55.4 Å². The van der Waals surface area contributed by atoms with Crippen molar-refractivity contribution in [2.75, 3.05) is 10.6 Å². The van der Waals surface area contributed by atoms with Crippen molar-refractivity contribution >= 4 is 22.8 Å². The van der Waals surface area contributed by atoms with E-state index < -0.39 is 0 Å². The second-order valence-electron chi connectivity index (χ2n) is 7.41. The average Bonchev–Trinajstić information content (AvgIpc) is 3.42. The molecule has 1 saturated carbocycles. The van der Waals surface area contributed by atoms with E-state index in [4.69, 9.17) is 5.73 Å². The summed E-state index contributed by atoms with van der Waals surface area (Å²) in [6, 6.07) is 10.7. The number of fused-ring (bicyclic) bond motifs is 1. The molecule has 29 heavy (non-hydrogen) atoms. The number of nitrogens with zero attached hydrogens (tertiary/aromatic N) is 6. The smallest absolute Gasteiger partial charge is 0.177 e. The van der Waals surface area contributed by atoms with E-state index in [0.29, 0.717) is 12.1 Å². The van der Waals surface area contributed by atoms with Crippen molar-refractivity contribution in [2.24, 2.45) is 5.73 Å². The van der Waals surface area contributed by atoms with Gasteiger partial charge < -0.3 is 16.4 Å². The quantitative estimate of drug-likeness (QED) is 0.481. The van der Waals surface area contributed by atoms with E-state index in [-0.39, 0.29) is 0 Å². The Bertz CT molecular complexity index is 1080. The normalized spacial score (nSPS) is 19.3. The summed E-state index contributed by atoms with van der Waals surface area (Å²) < 4.78 is 3.52. The molecule has 0 bridgehead atoms. The van der Waals surface area contributed by atoms with Gasteiger partial charge in [-0.05, 0) is 49.9 Å². The highest BCUT2D eigenvalue weighted by atomic mass is 15.3. The molecule has 9 nitrogen and oxygen atoms in total. The maximum atomic E-state index is 6.03. The fraction of sp³-hybridized carbons (Fsp3) is 0.300. The maximum absolute atomic E-state index is 6.03. The molecule has 0 amide bonds. The summed E-state index contributed by atoms with van der Waals surface area (Å²) in [5.74, 6) is 0.831. The van der Waals surface area contributed by atoms with Gasteiger partial charge in [-0.2, -0.15) is 5.10 Å². The molecule has 0 atom stereocenters. The first-order valence-corrected chi connectivity index (χ1v) is 9.83. The van der Waals surface area contributed by atoms with Crippen LogP contribution in [0, 0.1) is 0 Å². The number of hydrogen-bond acceptors (Lipinski definition) is 7. The van der Waals surface area contributed by atoms with Crippen molar-refractivity contribution in [3.05, 3.63) is 55.4 Å². The molecule has 5 rings (SSSR count). The maximum Gasteiger partial charge on any atom is 0.177 e. The molecule has 0 radical (unpaired) electrons. The van der Waals surface area contributed by atoms with Crippen LogP contribution in [0.5, 0.6) is 0 Å². The van der Waals surface area contributed by atoms with E-state index in [9.17, 15) is 0 Å². The first kappa shape index (κ1) is 17.6. The van der Waals surface area contributed by atoms with E-state index in [1.165, 1.54) is 6.33 Å². The lowest BCUT2D eigenvalue weighted by Gasteiger charge is -2.27. The zero-order valence-corrected chi connectivity index (χ0v) is 15.9. The third kappa shape index (κ3) is 3.77. The Morgan fingerprint density at radius 3 is 2.66 bits per heavy atom. The monoisotopic (exact) mass is 389 g/mol. The first-order valence-electron chi connectivity index (χ1n) is 9.83. The molecule has 1 aliphatic carbocycles. The van der Waals surface area contributed by atoms with Crippen LogP contribution in [-0.2, 0) is 0 Å². The fourth-order valence-electron chi connectivity index (χ4n) is 3.75. The number of benzene rings is 1. The van der Waals surface area contributed by atoms with Gasteiger partial charge in [-0.1, -0.05) is 0 Å². The molecule has 148 valence electrons. The average molecular weight is 389 g/mol. The van der Waals surface area contributed by atoms with E-state index in [0.717, 1.165) is 54.2 Å². The van der Waals surface area contributed by atoms with Crippen LogP contribution in [0.1, 0.15) is 25.7 Å². The van der Waals surface area contributed by atoms with Gasteiger partial charge in [-0.3, -0.25) is 0 Å². The van der Waals surface area contributed by atoms with Crippen LogP contribution in [0.25, 0.3) is 11.3 Å². The van der Waals surface area contributed by atoms with Gasteiger partial charge >= 0.3 is 0 Å². The van der Waals surface area contributed by atoms with E-state index in [1.807, 2.05) is 36.5 Å². The van der Waals surface area contributed by atoms with E-state index in [1.54, 1.807) is 21.7 Å². The minimum absolute atomic E-state index is 0.329. The Morgan fingerprint density at radius 2 is 1.90 bits per heavy atom. The van der Waals surface area contributed by atoms with E-state index in [2.05, 4.69) is 30.8 Å². The molecule has 1 aromatic carbocycles. The third-order valence-electron chi connectivity index (χ3n) is 5.31. The zero-order valence-electron chi connectivity index (χ0n) is 15.9. The Morgan fingerprint density at radius 1 is 1.07 bits per heavy atom. The predicted octanol–water partition coefficient (Wildman–Crippen LogP) is 2.74. The summed E-state index contributed by atoms with van der Waals surface area (Å²) in [5, 5.41) is 15.8. The highest BCUT2D eigenvalue weighted by Gasteiger charge is 2.19. The molecule has 0 spiro atoms. The van der Waals surface area contributed by atoms with Crippen LogP contribution in [0.4, 0.5) is 17.2 Å². The van der Waals surface area contributed by atoms with E-state index >= 15 is 0 Å². The number of hydrogen-bond donors (Lipinski definition) is 3. The molecule has 0 aliphatic heterocycles. The SMILES string of the molecule is NC1CCC(Nc2cc(Nc3ccc(-n4cncn4)cc3)c3nccn3n2)CC1. The van der Waals surface area contributed by atoms with Crippen molar-refractivity contribution in [3.63, 3.8) is 0 Å². The summed E-state index contributed by atoms with van der Waals surface area (Å²) in [6.07, 6.45) is 11.0. The molecule has 4 N–H and O–H groups in total. The molecule has 3 aromatic heterocycles. The molecule has 9 heteroatoms. The molecule has 0 saturated heterocycles. The molecule has 1 fully saturated rings. The Kier molecular flexibility index (Phi) is 4.57. The van der Waals surface area contributed by atoms with Crippen LogP contribution in [0.3, 0.4) is 0 Å². The van der Waals surface area contributed by atoms with Crippen molar-refractivity contribution in [1.82, 2.24) is 29.4 Å². The standard InChI is InChI=1S/C20H23N9/c21-14-1-3-16(4-2-14)26-19-11-18(20-23-9-10-28(20)27-19)25-15-5-7-17(8-6-15)29-13-22-12-24-29/h5-14,16,25H,1-4,21H2,(H,26,27). The predicted molar refractivity (Wildman–Crippen MR) is 111 cm³/mol. The number of nitrogens with one attached hydrogen (secondary N) is 2. The lowest BCUT2D eigenvalue weighted by Crippen LogP contribution is -2.33. The summed E-state index contributed by atoms with van der Waals surface area (Å²) in [7, 11) is 0. The van der Waals surface area contributed by atoms with Crippen molar-refractivity contribution in [2.45, 2.75) is 37.8 Å². The molecule has 3 heterocycles. The minimum Gasteiger partial charge on any atom is -0.366 e. The van der Waals surface area contributed by atoms with Gasteiger partial charge in [-0.25, -0.2) is 19.2 Å². The van der Waals surface area contributed by atoms with Crippen LogP contribution in [-0.4, -0.2) is 41.4 Å². The van der Waals surface area contributed by atoms with Crippen molar-refractivity contribution in [1.29, 1.82) is 0 Å². The number of rotatable bonds is 5. The van der Waals surface area contributed by atoms with Crippen LogP contribution < -0.4 is 16.4 Å². The number of imidazole rings is 1. The zero-order chi connectivity index (χ0) is 19.6. The Labute approximate surface area is 168 Å². The summed E-state index contributed by atoms with van der Waals surface area (Å²) in [6.45, 7) is 0. The number of aromatic nitrogens is 6. The summed E-state index contributed by atoms with van der Waals surface area (Å²) in [5.41, 5.74) is 9.61. The van der Waals surface area contributed by atoms with Gasteiger partial charge in [0.15, 0.2) is 5.65 Å². The second-order valence-corrected chi connectivity index (χ2v) is 7.41. The lowest BCUT2D eigenvalue weighted by molar-refractivity contribution is 0.410. The van der Waals surface area contributed by atoms with Crippen LogP contribution in [0.2, 0.25) is 0 Å². The van der Waals surface area contributed by atoms with Crippen molar-refractivity contribution in [3.8, 4) is 5.69 Å². The van der Waals surface area contributed by atoms with Gasteiger partial charge in [0.2, 0.25) is 0 Å². The minimum atomic E-state index is 0.329. The number of anilines is 3. The van der Waals surface area contributed by atoms with Gasteiger partial charge in [0.1, 0.15) is 18.5 Å². The Balaban J connectivity index is 1.38. The van der Waals surface area contributed by atoms with Crippen molar-refractivity contribution < 1.29 is 0 Å². The molecule has 1 aliphatic rings. The summed E-state index contributed by atoms with van der Waals surface area (Å²) in [4.78, 5) is 8.43. The van der Waals surface area contributed by atoms with Gasteiger partial charge in [0.25, 0.3) is 0 Å². The van der Waals surface area contributed by atoms with Gasteiger partial charge in [-0.15, -0.1) is 5.10 Å². The topological polar surface area (TPSA) is 111 Å². The largest absolute Gasteiger partial charge is 0.366 e. The second kappa shape index (κ2) is 7.51. The molecule has 0 unspecified atom stereocenters. The van der Waals surface area contributed by atoms with Gasteiger partial charge in [0.05, 0.1) is 11.4 Å². The Hall–Kier alpha value is -3.46. The van der Waals surface area contributed by atoms with Crippen LogP contribution >= 0.6 is 0 Å². The molecular formula is C20H23N9. The lowest BCUT2D eigenvalue weighted by atomic mass is 9.92.